The molecule has 0 amide bonds. The molecule has 3 aromatic carbocycles. The van der Waals surface area contributed by atoms with E-state index in [9.17, 15) is 14.3 Å². The summed E-state index contributed by atoms with van der Waals surface area (Å²) in [6.45, 7) is 1.70. The first-order chi connectivity index (χ1) is 16.4. The van der Waals surface area contributed by atoms with Crippen LogP contribution in [0.25, 0.3) is 22.3 Å². The van der Waals surface area contributed by atoms with Gasteiger partial charge in [0.2, 0.25) is 5.88 Å². The summed E-state index contributed by atoms with van der Waals surface area (Å²) in [6, 6.07) is 20.8. The number of phenols is 1. The number of nitrogens with zero attached hydrogens (tertiary/aromatic N) is 2. The van der Waals surface area contributed by atoms with Crippen LogP contribution in [0.3, 0.4) is 0 Å². The number of phenolic OH excluding ortho intramolecular Hbond substituents is 1. The number of fused-ring (bicyclic) bond motifs is 1. The third-order valence-corrected chi connectivity index (χ3v) is 5.00. The molecule has 2 aromatic heterocycles. The van der Waals surface area contributed by atoms with E-state index >= 15 is 0 Å². The maximum atomic E-state index is 13.2. The summed E-state index contributed by atoms with van der Waals surface area (Å²) in [5.41, 5.74) is 1.18. The van der Waals surface area contributed by atoms with Crippen LogP contribution < -0.4 is 15.5 Å². The van der Waals surface area contributed by atoms with Crippen LogP contribution >= 0.6 is 0 Å². The second-order valence-electron chi connectivity index (χ2n) is 7.53. The van der Waals surface area contributed by atoms with Crippen LogP contribution in [0.4, 0.5) is 15.9 Å². The quantitative estimate of drug-likeness (QED) is 0.338. The summed E-state index contributed by atoms with van der Waals surface area (Å²) in [6.07, 6.45) is 0. The first kappa shape index (κ1) is 21.1. The van der Waals surface area contributed by atoms with Crippen LogP contribution in [-0.2, 0) is 0 Å². The van der Waals surface area contributed by atoms with Gasteiger partial charge in [0.1, 0.15) is 45.7 Å². The Kier molecular flexibility index (Phi) is 5.39. The van der Waals surface area contributed by atoms with Gasteiger partial charge in [0, 0.05) is 35.5 Å². The number of ether oxygens (including phenoxy) is 1. The van der Waals surface area contributed by atoms with E-state index in [1.54, 1.807) is 25.1 Å². The first-order valence-corrected chi connectivity index (χ1v) is 10.4. The number of nitrogens with one attached hydrogen (secondary N) is 1. The van der Waals surface area contributed by atoms with Crippen LogP contribution in [0.5, 0.6) is 17.4 Å². The van der Waals surface area contributed by atoms with E-state index in [1.807, 2.05) is 30.3 Å². The fraction of sp³-hybridized carbons (Fsp3) is 0.0385. The molecule has 0 fully saturated rings. The third-order valence-electron chi connectivity index (χ3n) is 5.00. The molecule has 5 rings (SSSR count). The smallest absolute Gasteiger partial charge is 0.224 e. The third kappa shape index (κ3) is 4.42. The molecule has 0 aliphatic carbocycles. The van der Waals surface area contributed by atoms with E-state index in [0.717, 1.165) is 5.56 Å². The zero-order valence-corrected chi connectivity index (χ0v) is 17.9. The Bertz CT molecular complexity index is 1550. The van der Waals surface area contributed by atoms with Crippen molar-refractivity contribution >= 4 is 22.5 Å². The van der Waals surface area contributed by atoms with Crippen LogP contribution in [0.15, 0.2) is 88.1 Å². The van der Waals surface area contributed by atoms with Crippen molar-refractivity contribution in [3.8, 4) is 28.7 Å². The number of aryl methyl sites for hydroxylation is 1. The molecule has 0 bridgehead atoms. The van der Waals surface area contributed by atoms with Gasteiger partial charge in [0.05, 0.1) is 0 Å². The van der Waals surface area contributed by atoms with Crippen molar-refractivity contribution in [2.24, 2.45) is 0 Å². The Balaban J connectivity index is 1.49. The molecule has 168 valence electrons. The normalized spacial score (nSPS) is 10.9. The molecule has 2 heterocycles. The molecular weight excluding hydrogens is 437 g/mol. The van der Waals surface area contributed by atoms with Gasteiger partial charge in [-0.15, -0.1) is 0 Å². The SMILES string of the molecule is Cc1nc(Nc2ccc(F)cc2)cc(Oc2cc(O)c3c(=O)cc(-c4ccccc4)oc3c2)n1. The van der Waals surface area contributed by atoms with Gasteiger partial charge in [-0.05, 0) is 31.2 Å². The number of hydrogen-bond acceptors (Lipinski definition) is 7. The van der Waals surface area contributed by atoms with Crippen molar-refractivity contribution in [3.63, 3.8) is 0 Å². The Morgan fingerprint density at radius 2 is 1.74 bits per heavy atom. The van der Waals surface area contributed by atoms with Crippen molar-refractivity contribution in [2.45, 2.75) is 6.92 Å². The van der Waals surface area contributed by atoms with Gasteiger partial charge in [-0.2, -0.15) is 4.98 Å². The monoisotopic (exact) mass is 455 g/mol. The number of benzene rings is 3. The molecule has 0 aliphatic heterocycles. The predicted octanol–water partition coefficient (Wildman–Crippen LogP) is 5.94. The molecule has 0 aliphatic rings. The predicted molar refractivity (Wildman–Crippen MR) is 126 cm³/mol. The highest BCUT2D eigenvalue weighted by atomic mass is 19.1. The molecule has 34 heavy (non-hydrogen) atoms. The van der Waals surface area contributed by atoms with Gasteiger partial charge >= 0.3 is 0 Å². The Hall–Kier alpha value is -4.72. The summed E-state index contributed by atoms with van der Waals surface area (Å²) in [7, 11) is 0. The Labute approximate surface area is 193 Å². The van der Waals surface area contributed by atoms with Gasteiger partial charge in [-0.25, -0.2) is 9.37 Å². The van der Waals surface area contributed by atoms with Gasteiger partial charge in [0.15, 0.2) is 5.43 Å². The van der Waals surface area contributed by atoms with Crippen LogP contribution in [0, 0.1) is 12.7 Å². The average Bonchev–Trinajstić information content (AvgIpc) is 2.80. The second kappa shape index (κ2) is 8.67. The molecule has 2 N–H and O–H groups in total. The van der Waals surface area contributed by atoms with E-state index in [2.05, 4.69) is 15.3 Å². The van der Waals surface area contributed by atoms with Crippen molar-refractivity contribution in [3.05, 3.63) is 101 Å². The maximum absolute atomic E-state index is 13.2. The van der Waals surface area contributed by atoms with Gasteiger partial charge < -0.3 is 19.6 Å². The lowest BCUT2D eigenvalue weighted by atomic mass is 10.1. The second-order valence-corrected chi connectivity index (χ2v) is 7.53. The highest BCUT2D eigenvalue weighted by Gasteiger charge is 2.14. The molecular formula is C26H18FN3O4. The topological polar surface area (TPSA) is 97.5 Å². The van der Waals surface area contributed by atoms with E-state index in [4.69, 9.17) is 9.15 Å². The minimum Gasteiger partial charge on any atom is -0.507 e. The largest absolute Gasteiger partial charge is 0.507 e. The summed E-state index contributed by atoms with van der Waals surface area (Å²) >= 11 is 0. The van der Waals surface area contributed by atoms with Crippen molar-refractivity contribution in [1.82, 2.24) is 9.97 Å². The summed E-state index contributed by atoms with van der Waals surface area (Å²) in [5, 5.41) is 13.6. The molecule has 0 unspecified atom stereocenters. The molecule has 8 heteroatoms. The average molecular weight is 455 g/mol. The molecule has 0 radical (unpaired) electrons. The number of hydrogen-bond donors (Lipinski definition) is 2. The maximum Gasteiger partial charge on any atom is 0.224 e. The number of anilines is 2. The van der Waals surface area contributed by atoms with Crippen LogP contribution in [-0.4, -0.2) is 15.1 Å². The Morgan fingerprint density at radius 1 is 0.971 bits per heavy atom. The van der Waals surface area contributed by atoms with Crippen molar-refractivity contribution in [2.75, 3.05) is 5.32 Å². The van der Waals surface area contributed by atoms with Gasteiger partial charge in [-0.3, -0.25) is 4.79 Å². The molecule has 0 spiro atoms. The van der Waals surface area contributed by atoms with Gasteiger partial charge in [0.25, 0.3) is 0 Å². The molecule has 5 aromatic rings. The fourth-order valence-corrected chi connectivity index (χ4v) is 3.51. The zero-order chi connectivity index (χ0) is 23.7. The summed E-state index contributed by atoms with van der Waals surface area (Å²) in [4.78, 5) is 21.2. The van der Waals surface area contributed by atoms with Crippen LogP contribution in [0.2, 0.25) is 0 Å². The molecule has 7 nitrogen and oxygen atoms in total. The standard InChI is InChI=1S/C26H18FN3O4/c1-15-28-24(30-18-9-7-17(27)8-10-18)14-25(29-15)33-19-11-20(31)26-21(32)13-22(34-23(26)12-19)16-5-3-2-4-6-16/h2-14,31H,1H3,(H,28,29,30). The number of rotatable bonds is 5. The van der Waals surface area contributed by atoms with Crippen LogP contribution in [0.1, 0.15) is 5.82 Å². The van der Waals surface area contributed by atoms with Gasteiger partial charge in [-0.1, -0.05) is 30.3 Å². The lowest BCUT2D eigenvalue weighted by molar-refractivity contribution is 0.445. The Morgan fingerprint density at radius 3 is 2.50 bits per heavy atom. The van der Waals surface area contributed by atoms with E-state index in [1.165, 1.54) is 30.3 Å². The van der Waals surface area contributed by atoms with Crippen molar-refractivity contribution in [1.29, 1.82) is 0 Å². The minimum absolute atomic E-state index is 0.0598. The lowest BCUT2D eigenvalue weighted by Crippen LogP contribution is -2.02. The highest BCUT2D eigenvalue weighted by molar-refractivity contribution is 5.86. The lowest BCUT2D eigenvalue weighted by Gasteiger charge is -2.11. The van der Waals surface area contributed by atoms with E-state index < -0.39 is 0 Å². The number of halogens is 1. The molecule has 0 atom stereocenters. The molecule has 0 saturated carbocycles. The number of aromatic hydroxyl groups is 1. The molecule has 0 saturated heterocycles. The summed E-state index contributed by atoms with van der Waals surface area (Å²) < 4.78 is 24.9. The van der Waals surface area contributed by atoms with E-state index in [-0.39, 0.29) is 39.6 Å². The number of aromatic nitrogens is 2. The highest BCUT2D eigenvalue weighted by Crippen LogP contribution is 2.33. The summed E-state index contributed by atoms with van der Waals surface area (Å²) in [5.74, 6) is 1.07. The van der Waals surface area contributed by atoms with E-state index in [0.29, 0.717) is 23.1 Å². The zero-order valence-electron chi connectivity index (χ0n) is 17.9. The minimum atomic E-state index is -0.368. The fourth-order valence-electron chi connectivity index (χ4n) is 3.51. The first-order valence-electron chi connectivity index (χ1n) is 10.4. The van der Waals surface area contributed by atoms with Crippen molar-refractivity contribution < 1.29 is 18.7 Å².